The molecule has 3 aromatic rings. The van der Waals surface area contributed by atoms with E-state index in [1.165, 1.54) is 0 Å². The van der Waals surface area contributed by atoms with Crippen LogP contribution < -0.4 is 4.74 Å². The summed E-state index contributed by atoms with van der Waals surface area (Å²) >= 11 is 6.14. The fourth-order valence-electron chi connectivity index (χ4n) is 5.08. The Kier molecular flexibility index (Phi) is 8.93. The van der Waals surface area contributed by atoms with Crippen LogP contribution in [0.4, 0.5) is 0 Å². The number of rotatable bonds is 13. The Balaban J connectivity index is 1.41. The zero-order valence-electron chi connectivity index (χ0n) is 22.1. The number of likely N-dealkylation sites (tertiary alicyclic amines) is 1. The molecule has 0 aromatic heterocycles. The minimum Gasteiger partial charge on any atom is -0.489 e. The summed E-state index contributed by atoms with van der Waals surface area (Å²) in [7, 11) is 0. The van der Waals surface area contributed by atoms with Crippen molar-refractivity contribution >= 4 is 17.6 Å². The number of ether oxygens (including phenoxy) is 2. The number of nitrogens with zero attached hydrogens (tertiary/aromatic N) is 1. The van der Waals surface area contributed by atoms with Gasteiger partial charge in [0.1, 0.15) is 17.8 Å². The molecule has 0 saturated carbocycles. The predicted molar refractivity (Wildman–Crippen MR) is 152 cm³/mol. The Morgan fingerprint density at radius 3 is 2.18 bits per heavy atom. The van der Waals surface area contributed by atoms with Crippen LogP contribution in [0, 0.1) is 0 Å². The number of aliphatic carboxylic acids is 1. The van der Waals surface area contributed by atoms with Crippen molar-refractivity contribution in [2.75, 3.05) is 19.7 Å². The van der Waals surface area contributed by atoms with Gasteiger partial charge in [-0.2, -0.15) is 0 Å². The summed E-state index contributed by atoms with van der Waals surface area (Å²) in [6.45, 7) is 10.5. The van der Waals surface area contributed by atoms with Gasteiger partial charge in [-0.05, 0) is 49.9 Å². The number of benzene rings is 3. The normalized spacial score (nSPS) is 14.6. The quantitative estimate of drug-likeness (QED) is 0.247. The van der Waals surface area contributed by atoms with Crippen molar-refractivity contribution in [3.8, 4) is 5.75 Å². The van der Waals surface area contributed by atoms with Crippen molar-refractivity contribution in [1.29, 1.82) is 0 Å². The third-order valence-electron chi connectivity index (χ3n) is 7.57. The average molecular weight is 534 g/mol. The molecule has 1 aliphatic heterocycles. The minimum absolute atomic E-state index is 0.102. The first-order valence-corrected chi connectivity index (χ1v) is 13.4. The smallest absolute Gasteiger partial charge is 0.318 e. The maximum Gasteiger partial charge on any atom is 0.318 e. The number of halogens is 1. The van der Waals surface area contributed by atoms with Gasteiger partial charge in [-0.15, -0.1) is 0 Å². The molecule has 1 fully saturated rings. The molecular weight excluding hydrogens is 498 g/mol. The van der Waals surface area contributed by atoms with Crippen molar-refractivity contribution in [3.05, 3.63) is 113 Å². The molecule has 0 spiro atoms. The molecule has 0 aliphatic carbocycles. The zero-order chi connectivity index (χ0) is 27.2. The van der Waals surface area contributed by atoms with E-state index < -0.39 is 11.4 Å². The van der Waals surface area contributed by atoms with E-state index in [0.29, 0.717) is 36.8 Å². The van der Waals surface area contributed by atoms with Crippen molar-refractivity contribution < 1.29 is 19.4 Å². The van der Waals surface area contributed by atoms with Crippen LogP contribution in [0.3, 0.4) is 0 Å². The molecule has 1 saturated heterocycles. The zero-order valence-corrected chi connectivity index (χ0v) is 22.9. The lowest BCUT2D eigenvalue weighted by atomic mass is 9.69. The average Bonchev–Trinajstić information content (AvgIpc) is 2.88. The summed E-state index contributed by atoms with van der Waals surface area (Å²) in [5.74, 6) is -0.117. The second kappa shape index (κ2) is 12.2. The van der Waals surface area contributed by atoms with E-state index in [1.807, 2.05) is 72.8 Å². The van der Waals surface area contributed by atoms with Gasteiger partial charge in [-0.25, -0.2) is 0 Å². The van der Waals surface area contributed by atoms with Crippen molar-refractivity contribution in [3.63, 3.8) is 0 Å². The summed E-state index contributed by atoms with van der Waals surface area (Å²) in [6.07, 6.45) is 3.00. The van der Waals surface area contributed by atoms with Gasteiger partial charge in [0.15, 0.2) is 0 Å². The van der Waals surface area contributed by atoms with Gasteiger partial charge in [0.25, 0.3) is 0 Å². The predicted octanol–water partition coefficient (Wildman–Crippen LogP) is 6.74. The second-order valence-electron chi connectivity index (χ2n) is 10.4. The van der Waals surface area contributed by atoms with E-state index in [2.05, 4.69) is 25.3 Å². The Bertz CT molecular complexity index is 1180. The molecule has 0 amide bonds. The first-order valence-electron chi connectivity index (χ1n) is 13.0. The molecule has 1 aliphatic rings. The van der Waals surface area contributed by atoms with Crippen LogP contribution in [-0.4, -0.2) is 47.3 Å². The molecule has 38 heavy (non-hydrogen) atoms. The van der Waals surface area contributed by atoms with Gasteiger partial charge in [0.2, 0.25) is 0 Å². The first-order chi connectivity index (χ1) is 18.3. The van der Waals surface area contributed by atoms with Crippen LogP contribution in [0.15, 0.2) is 91.5 Å². The highest BCUT2D eigenvalue weighted by Crippen LogP contribution is 2.40. The van der Waals surface area contributed by atoms with E-state index in [1.54, 1.807) is 12.1 Å². The van der Waals surface area contributed by atoms with Crippen LogP contribution >= 0.6 is 11.6 Å². The fraction of sp³-hybridized carbons (Fsp3) is 0.344. The number of carboxylic acids is 1. The topological polar surface area (TPSA) is 59.0 Å². The molecule has 200 valence electrons. The van der Waals surface area contributed by atoms with E-state index in [0.717, 1.165) is 29.8 Å². The lowest BCUT2D eigenvalue weighted by Gasteiger charge is -2.50. The van der Waals surface area contributed by atoms with Gasteiger partial charge in [-0.1, -0.05) is 91.0 Å². The van der Waals surface area contributed by atoms with Crippen LogP contribution in [0.25, 0.3) is 0 Å². The number of carboxylic acid groups (broad SMARTS) is 1. The highest BCUT2D eigenvalue weighted by atomic mass is 35.5. The highest BCUT2D eigenvalue weighted by molar-refractivity contribution is 6.30. The molecule has 0 unspecified atom stereocenters. The molecule has 1 N–H and O–H groups in total. The van der Waals surface area contributed by atoms with Crippen molar-refractivity contribution in [2.45, 2.75) is 50.4 Å². The molecule has 0 bridgehead atoms. The second-order valence-corrected chi connectivity index (χ2v) is 10.9. The van der Waals surface area contributed by atoms with Crippen molar-refractivity contribution in [2.24, 2.45) is 0 Å². The lowest BCUT2D eigenvalue weighted by molar-refractivity contribution is -0.143. The Morgan fingerprint density at radius 2 is 1.63 bits per heavy atom. The molecule has 0 radical (unpaired) electrons. The van der Waals surface area contributed by atoms with Gasteiger partial charge in [0, 0.05) is 29.2 Å². The Morgan fingerprint density at radius 1 is 1.03 bits per heavy atom. The van der Waals surface area contributed by atoms with Crippen LogP contribution in [0.1, 0.15) is 43.4 Å². The van der Waals surface area contributed by atoms with Gasteiger partial charge in [0.05, 0.1) is 12.7 Å². The Hall–Kier alpha value is -3.12. The number of hydrogen-bond donors (Lipinski definition) is 1. The van der Waals surface area contributed by atoms with Gasteiger partial charge >= 0.3 is 5.97 Å². The molecule has 1 heterocycles. The molecule has 4 rings (SSSR count). The molecule has 5 nitrogen and oxygen atoms in total. The van der Waals surface area contributed by atoms with E-state index in [9.17, 15) is 9.90 Å². The van der Waals surface area contributed by atoms with Crippen LogP contribution in [0.5, 0.6) is 5.75 Å². The number of carbonyl (C=O) groups is 1. The summed E-state index contributed by atoms with van der Waals surface area (Å²) < 4.78 is 11.9. The molecule has 3 aromatic carbocycles. The Labute approximate surface area is 230 Å². The van der Waals surface area contributed by atoms with Gasteiger partial charge < -0.3 is 14.6 Å². The van der Waals surface area contributed by atoms with E-state index >= 15 is 0 Å². The molecular formula is C32H36ClNO4. The van der Waals surface area contributed by atoms with Crippen LogP contribution in [-0.2, 0) is 21.6 Å². The summed E-state index contributed by atoms with van der Waals surface area (Å²) in [4.78, 5) is 15.3. The first kappa shape index (κ1) is 27.9. The largest absolute Gasteiger partial charge is 0.489 e. The SMILES string of the molecule is C=CCOc1cc(Cl)ccc1COC1CN(C(C)(C)CCC(C(=O)O)(c2ccccc2)c2ccccc2)C1. The monoisotopic (exact) mass is 533 g/mol. The summed E-state index contributed by atoms with van der Waals surface area (Å²) in [5, 5.41) is 11.2. The maximum atomic E-state index is 12.9. The van der Waals surface area contributed by atoms with Crippen LogP contribution in [0.2, 0.25) is 5.02 Å². The summed E-state index contributed by atoms with van der Waals surface area (Å²) in [6, 6.07) is 24.7. The standard InChI is InChI=1S/C32H36ClNO4/c1-4-19-37-29-20-27(33)16-15-24(29)23-38-28-21-34(22-28)31(2,3)17-18-32(30(35)36,25-11-7-5-8-12-25)26-13-9-6-10-14-26/h4-16,20,28H,1,17-19,21-23H2,2-3H3,(H,35,36). The molecule has 0 atom stereocenters. The minimum atomic E-state index is -1.11. The summed E-state index contributed by atoms with van der Waals surface area (Å²) in [5.41, 5.74) is 1.25. The van der Waals surface area contributed by atoms with E-state index in [-0.39, 0.29) is 11.6 Å². The van der Waals surface area contributed by atoms with Gasteiger partial charge in [-0.3, -0.25) is 9.69 Å². The maximum absolute atomic E-state index is 12.9. The highest BCUT2D eigenvalue weighted by Gasteiger charge is 2.45. The van der Waals surface area contributed by atoms with E-state index in [4.69, 9.17) is 21.1 Å². The molecule has 6 heteroatoms. The number of hydrogen-bond acceptors (Lipinski definition) is 4. The lowest BCUT2D eigenvalue weighted by Crippen LogP contribution is -2.61. The fourth-order valence-corrected chi connectivity index (χ4v) is 5.24. The third-order valence-corrected chi connectivity index (χ3v) is 7.81. The van der Waals surface area contributed by atoms with Crippen molar-refractivity contribution in [1.82, 2.24) is 4.90 Å². The third kappa shape index (κ3) is 6.12.